The van der Waals surface area contributed by atoms with E-state index in [1.807, 2.05) is 0 Å². The molecule has 0 aromatic carbocycles. The van der Waals surface area contributed by atoms with Gasteiger partial charge in [-0.1, -0.05) is 0 Å². The van der Waals surface area contributed by atoms with E-state index in [0.717, 1.165) is 0 Å². The van der Waals surface area contributed by atoms with Crippen LogP contribution in [0.25, 0.3) is 0 Å². The molecule has 1 aliphatic carbocycles. The summed E-state index contributed by atoms with van der Waals surface area (Å²) in [6.07, 6.45) is -1.28. The summed E-state index contributed by atoms with van der Waals surface area (Å²) in [7, 11) is 1.58. The van der Waals surface area contributed by atoms with Crippen LogP contribution in [0.2, 0.25) is 0 Å². The molecule has 0 unspecified atom stereocenters. The van der Waals surface area contributed by atoms with Gasteiger partial charge in [0.05, 0.1) is 5.69 Å². The molecule has 21 heavy (non-hydrogen) atoms. The Kier molecular flexibility index (Phi) is 3.90. The second-order valence-electron chi connectivity index (χ2n) is 5.96. The van der Waals surface area contributed by atoms with Gasteiger partial charge in [0.25, 0.3) is 0 Å². The Hall–Kier alpha value is -1.73. The molecule has 0 aliphatic heterocycles. The molecule has 1 aromatic heterocycles. The normalized spacial score (nSPS) is 18.2. The minimum atomic E-state index is -2.62. The Morgan fingerprint density at radius 3 is 2.71 bits per heavy atom. The van der Waals surface area contributed by atoms with Crippen molar-refractivity contribution < 1.29 is 22.7 Å². The zero-order valence-electron chi connectivity index (χ0n) is 12.1. The molecule has 1 fully saturated rings. The SMILES string of the molecule is Cn1nc(C2CC(F)(F)C2)cc1NC(=O)OCC(C)(C)F. The van der Waals surface area contributed by atoms with Gasteiger partial charge < -0.3 is 4.74 Å². The third-order valence-electron chi connectivity index (χ3n) is 3.18. The van der Waals surface area contributed by atoms with Crippen LogP contribution in [-0.2, 0) is 11.8 Å². The molecule has 2 rings (SSSR count). The van der Waals surface area contributed by atoms with E-state index < -0.39 is 17.7 Å². The molecule has 0 radical (unpaired) electrons. The van der Waals surface area contributed by atoms with Gasteiger partial charge in [0.15, 0.2) is 0 Å². The average molecular weight is 305 g/mol. The Morgan fingerprint density at radius 2 is 2.19 bits per heavy atom. The number of nitrogens with one attached hydrogen (secondary N) is 1. The summed E-state index contributed by atoms with van der Waals surface area (Å²) in [5, 5.41) is 6.51. The van der Waals surface area contributed by atoms with Gasteiger partial charge in [-0.05, 0) is 13.8 Å². The molecule has 1 aromatic rings. The van der Waals surface area contributed by atoms with E-state index in [1.165, 1.54) is 24.6 Å². The summed E-state index contributed by atoms with van der Waals surface area (Å²) in [6, 6.07) is 1.53. The van der Waals surface area contributed by atoms with Crippen LogP contribution in [0.15, 0.2) is 6.07 Å². The molecular formula is C13H18F3N3O2. The predicted molar refractivity (Wildman–Crippen MR) is 70.3 cm³/mol. The summed E-state index contributed by atoms with van der Waals surface area (Å²) >= 11 is 0. The maximum Gasteiger partial charge on any atom is 0.412 e. The molecule has 0 bridgehead atoms. The zero-order chi connectivity index (χ0) is 15.8. The first-order valence-electron chi connectivity index (χ1n) is 6.60. The van der Waals surface area contributed by atoms with E-state index in [2.05, 4.69) is 10.4 Å². The van der Waals surface area contributed by atoms with Crippen LogP contribution < -0.4 is 5.32 Å². The fraction of sp³-hybridized carbons (Fsp3) is 0.692. The average Bonchev–Trinajstić information content (AvgIpc) is 2.64. The number of carbonyl (C=O) groups excluding carboxylic acids is 1. The second-order valence-corrected chi connectivity index (χ2v) is 5.96. The molecule has 0 spiro atoms. The van der Waals surface area contributed by atoms with Crippen molar-refractivity contribution in [3.05, 3.63) is 11.8 Å². The van der Waals surface area contributed by atoms with Crippen molar-refractivity contribution in [1.82, 2.24) is 9.78 Å². The minimum Gasteiger partial charge on any atom is -0.446 e. The molecule has 1 amide bonds. The van der Waals surface area contributed by atoms with E-state index in [9.17, 15) is 18.0 Å². The minimum absolute atomic E-state index is 0.232. The van der Waals surface area contributed by atoms with Gasteiger partial charge in [-0.2, -0.15) is 5.10 Å². The second kappa shape index (κ2) is 5.23. The fourth-order valence-electron chi connectivity index (χ4n) is 2.05. The number of amides is 1. The van der Waals surface area contributed by atoms with Gasteiger partial charge in [0.2, 0.25) is 5.92 Å². The van der Waals surface area contributed by atoms with Crippen LogP contribution in [-0.4, -0.2) is 34.1 Å². The standard InChI is InChI=1S/C13H18F3N3O2/c1-12(2,14)7-21-11(20)17-10-4-9(18-19(10)3)8-5-13(15,16)6-8/h4,8H,5-7H2,1-3H3,(H,17,20). The van der Waals surface area contributed by atoms with Crippen molar-refractivity contribution in [2.75, 3.05) is 11.9 Å². The molecule has 1 heterocycles. The first kappa shape index (κ1) is 15.7. The Labute approximate surface area is 120 Å². The summed E-state index contributed by atoms with van der Waals surface area (Å²) < 4.78 is 45.0. The number of hydrogen-bond donors (Lipinski definition) is 1. The highest BCUT2D eigenvalue weighted by atomic mass is 19.3. The predicted octanol–water partition coefficient (Wildman–Crippen LogP) is 3.23. The summed E-state index contributed by atoms with van der Waals surface area (Å²) in [5.74, 6) is -2.61. The van der Waals surface area contributed by atoms with Crippen molar-refractivity contribution in [2.24, 2.45) is 7.05 Å². The molecule has 1 N–H and O–H groups in total. The number of nitrogens with zero attached hydrogens (tertiary/aromatic N) is 2. The third-order valence-corrected chi connectivity index (χ3v) is 3.18. The van der Waals surface area contributed by atoms with Gasteiger partial charge in [-0.25, -0.2) is 18.0 Å². The van der Waals surface area contributed by atoms with Gasteiger partial charge in [0.1, 0.15) is 18.1 Å². The van der Waals surface area contributed by atoms with Gasteiger partial charge in [0, 0.05) is 31.9 Å². The van der Waals surface area contributed by atoms with Crippen LogP contribution in [0.3, 0.4) is 0 Å². The number of alkyl halides is 3. The lowest BCUT2D eigenvalue weighted by Crippen LogP contribution is -2.33. The lowest BCUT2D eigenvalue weighted by molar-refractivity contribution is -0.0876. The highest BCUT2D eigenvalue weighted by Gasteiger charge is 2.47. The fourth-order valence-corrected chi connectivity index (χ4v) is 2.05. The van der Waals surface area contributed by atoms with E-state index in [-0.39, 0.29) is 25.4 Å². The van der Waals surface area contributed by atoms with Gasteiger partial charge in [-0.3, -0.25) is 10.00 Å². The monoisotopic (exact) mass is 305 g/mol. The molecule has 1 aliphatic rings. The van der Waals surface area contributed by atoms with Gasteiger partial charge in [-0.15, -0.1) is 0 Å². The van der Waals surface area contributed by atoms with Crippen LogP contribution in [0.4, 0.5) is 23.8 Å². The van der Waals surface area contributed by atoms with Crippen LogP contribution in [0.5, 0.6) is 0 Å². The summed E-state index contributed by atoms with van der Waals surface area (Å²) in [5.41, 5.74) is -1.11. The van der Waals surface area contributed by atoms with Crippen molar-refractivity contribution >= 4 is 11.9 Å². The van der Waals surface area contributed by atoms with E-state index in [1.54, 1.807) is 7.05 Å². The quantitative estimate of drug-likeness (QED) is 0.929. The number of anilines is 1. The highest BCUT2D eigenvalue weighted by molar-refractivity contribution is 5.83. The number of aromatic nitrogens is 2. The Balaban J connectivity index is 1.92. The summed E-state index contributed by atoms with van der Waals surface area (Å²) in [6.45, 7) is 2.21. The lowest BCUT2D eigenvalue weighted by Gasteiger charge is -2.33. The number of rotatable bonds is 4. The van der Waals surface area contributed by atoms with Gasteiger partial charge >= 0.3 is 6.09 Å². The van der Waals surface area contributed by atoms with E-state index in [0.29, 0.717) is 11.5 Å². The summed E-state index contributed by atoms with van der Waals surface area (Å²) in [4.78, 5) is 11.5. The molecule has 1 saturated carbocycles. The number of aryl methyl sites for hydroxylation is 1. The lowest BCUT2D eigenvalue weighted by atomic mass is 9.79. The van der Waals surface area contributed by atoms with Crippen molar-refractivity contribution in [1.29, 1.82) is 0 Å². The molecular weight excluding hydrogens is 287 g/mol. The van der Waals surface area contributed by atoms with Crippen molar-refractivity contribution in [2.45, 2.75) is 44.2 Å². The number of ether oxygens (including phenoxy) is 1. The van der Waals surface area contributed by atoms with E-state index in [4.69, 9.17) is 4.74 Å². The maximum absolute atomic E-state index is 13.2. The topological polar surface area (TPSA) is 56.2 Å². The largest absolute Gasteiger partial charge is 0.446 e. The molecule has 118 valence electrons. The molecule has 8 heteroatoms. The third kappa shape index (κ3) is 4.12. The Bertz CT molecular complexity index is 529. The number of carbonyl (C=O) groups is 1. The smallest absolute Gasteiger partial charge is 0.412 e. The number of halogens is 3. The zero-order valence-corrected chi connectivity index (χ0v) is 12.1. The van der Waals surface area contributed by atoms with Crippen LogP contribution in [0, 0.1) is 0 Å². The van der Waals surface area contributed by atoms with Crippen molar-refractivity contribution in [3.8, 4) is 0 Å². The van der Waals surface area contributed by atoms with Crippen LogP contribution in [0.1, 0.15) is 38.3 Å². The Morgan fingerprint density at radius 1 is 1.57 bits per heavy atom. The highest BCUT2D eigenvalue weighted by Crippen LogP contribution is 2.48. The van der Waals surface area contributed by atoms with Crippen LogP contribution >= 0.6 is 0 Å². The number of hydrogen-bond acceptors (Lipinski definition) is 3. The molecule has 0 saturated heterocycles. The molecule has 5 nitrogen and oxygen atoms in total. The van der Waals surface area contributed by atoms with Crippen molar-refractivity contribution in [3.63, 3.8) is 0 Å². The maximum atomic E-state index is 13.2. The molecule has 0 atom stereocenters. The first-order chi connectivity index (χ1) is 9.56. The van der Waals surface area contributed by atoms with E-state index >= 15 is 0 Å². The first-order valence-corrected chi connectivity index (χ1v) is 6.60.